The monoisotopic (exact) mass is 513 g/mol. The van der Waals surface area contributed by atoms with Gasteiger partial charge in [0.05, 0.1) is 32.0 Å². The Labute approximate surface area is 214 Å². The zero-order valence-corrected chi connectivity index (χ0v) is 21.6. The average molecular weight is 514 g/mol. The molecule has 0 fully saturated rings. The van der Waals surface area contributed by atoms with Crippen LogP contribution in [0.3, 0.4) is 0 Å². The van der Waals surface area contributed by atoms with Gasteiger partial charge in [0, 0.05) is 17.8 Å². The first-order valence-corrected chi connectivity index (χ1v) is 11.3. The predicted molar refractivity (Wildman–Crippen MR) is 137 cm³/mol. The van der Waals surface area contributed by atoms with E-state index in [1.54, 1.807) is 18.2 Å². The van der Waals surface area contributed by atoms with Crippen LogP contribution in [-0.4, -0.2) is 38.2 Å². The maximum atomic E-state index is 13.2. The number of carbonyl (C=O) groups is 2. The van der Waals surface area contributed by atoms with Crippen molar-refractivity contribution >= 4 is 34.9 Å². The molecule has 2 N–H and O–H groups in total. The van der Waals surface area contributed by atoms with Gasteiger partial charge < -0.3 is 19.5 Å². The van der Waals surface area contributed by atoms with Crippen LogP contribution in [0.4, 0.5) is 11.4 Å². The van der Waals surface area contributed by atoms with Crippen LogP contribution in [0.25, 0.3) is 0 Å². The molecule has 0 saturated heterocycles. The van der Waals surface area contributed by atoms with E-state index in [-0.39, 0.29) is 21.9 Å². The zero-order valence-electron chi connectivity index (χ0n) is 20.9. The molecule has 36 heavy (non-hydrogen) atoms. The molecule has 1 amide bonds. The second kappa shape index (κ2) is 11.3. The highest BCUT2D eigenvalue weighted by atomic mass is 35.5. The number of esters is 1. The molecule has 0 radical (unpaired) electrons. The first kappa shape index (κ1) is 26.8. The van der Waals surface area contributed by atoms with Crippen LogP contribution in [-0.2, 0) is 15.0 Å². The second-order valence-electron chi connectivity index (χ2n) is 8.73. The van der Waals surface area contributed by atoms with Gasteiger partial charge in [-0.15, -0.1) is 0 Å². The van der Waals surface area contributed by atoms with E-state index < -0.39 is 11.9 Å². The molecule has 0 spiro atoms. The van der Waals surface area contributed by atoms with Gasteiger partial charge in [-0.05, 0) is 47.4 Å². The highest BCUT2D eigenvalue weighted by Gasteiger charge is 2.22. The van der Waals surface area contributed by atoms with Gasteiger partial charge in [0.25, 0.3) is 5.91 Å². The molecular weight excluding hydrogens is 486 g/mol. The van der Waals surface area contributed by atoms with E-state index in [1.807, 2.05) is 12.1 Å². The van der Waals surface area contributed by atoms with Crippen molar-refractivity contribution in [3.63, 3.8) is 0 Å². The molecule has 9 nitrogen and oxygen atoms in total. The maximum absolute atomic E-state index is 13.2. The largest absolute Gasteiger partial charge is 0.492 e. The smallest absolute Gasteiger partial charge is 0.356 e. The fourth-order valence-corrected chi connectivity index (χ4v) is 3.45. The Bertz CT molecular complexity index is 1270. The van der Waals surface area contributed by atoms with Crippen molar-refractivity contribution in [3.8, 4) is 17.2 Å². The number of nitrogens with one attached hydrogen (secondary N) is 2. The van der Waals surface area contributed by atoms with Gasteiger partial charge in [-0.2, -0.15) is 0 Å². The van der Waals surface area contributed by atoms with Crippen molar-refractivity contribution < 1.29 is 28.6 Å². The highest BCUT2D eigenvalue weighted by molar-refractivity contribution is 6.32. The Morgan fingerprint density at radius 3 is 2.33 bits per heavy atom. The third kappa shape index (κ3) is 6.24. The van der Waals surface area contributed by atoms with E-state index in [0.717, 1.165) is 5.56 Å². The van der Waals surface area contributed by atoms with Gasteiger partial charge in [-0.1, -0.05) is 32.4 Å². The molecular formula is C26H28ClN3O6. The van der Waals surface area contributed by atoms with Crippen LogP contribution < -0.4 is 20.3 Å². The van der Waals surface area contributed by atoms with Crippen molar-refractivity contribution in [2.75, 3.05) is 32.1 Å². The summed E-state index contributed by atoms with van der Waals surface area (Å²) in [5.41, 5.74) is 4.96. The van der Waals surface area contributed by atoms with Crippen LogP contribution >= 0.6 is 11.6 Å². The number of carbonyl (C=O) groups excluding carboxylic acids is 2. The maximum Gasteiger partial charge on any atom is 0.356 e. The zero-order chi connectivity index (χ0) is 26.5. The van der Waals surface area contributed by atoms with Crippen LogP contribution in [0, 0.1) is 0 Å². The van der Waals surface area contributed by atoms with E-state index in [1.165, 1.54) is 39.7 Å². The van der Waals surface area contributed by atoms with Crippen molar-refractivity contribution in [2.45, 2.75) is 26.2 Å². The summed E-state index contributed by atoms with van der Waals surface area (Å²) in [5, 5.41) is 3.18. The minimum Gasteiger partial charge on any atom is -0.492 e. The molecule has 3 rings (SSSR count). The van der Waals surface area contributed by atoms with Gasteiger partial charge in [0.2, 0.25) is 0 Å². The van der Waals surface area contributed by atoms with Gasteiger partial charge in [0.1, 0.15) is 17.2 Å². The fourth-order valence-electron chi connectivity index (χ4n) is 3.30. The quantitative estimate of drug-likeness (QED) is 0.285. The number of anilines is 2. The van der Waals surface area contributed by atoms with E-state index in [9.17, 15) is 9.59 Å². The molecule has 0 aliphatic rings. The Kier molecular flexibility index (Phi) is 8.39. The summed E-state index contributed by atoms with van der Waals surface area (Å²) in [7, 11) is 4.26. The lowest BCUT2D eigenvalue weighted by Gasteiger charge is -2.23. The predicted octanol–water partition coefficient (Wildman–Crippen LogP) is 5.85. The highest BCUT2D eigenvalue weighted by Crippen LogP contribution is 2.39. The molecule has 0 aliphatic carbocycles. The molecule has 3 aromatic rings. The lowest BCUT2D eigenvalue weighted by Crippen LogP contribution is -2.17. The van der Waals surface area contributed by atoms with Crippen molar-refractivity contribution in [1.29, 1.82) is 0 Å². The number of rotatable bonds is 8. The molecule has 0 bridgehead atoms. The second-order valence-corrected chi connectivity index (χ2v) is 9.14. The van der Waals surface area contributed by atoms with Gasteiger partial charge in [-0.3, -0.25) is 15.1 Å². The normalized spacial score (nSPS) is 11.0. The number of pyridine rings is 1. The molecule has 190 valence electrons. The SMILES string of the molecule is CONc1cc(C(C)(C)C)cc(NC(=O)c2ccc(Cl)c(Oc3ccnc(C(=O)OC)c3)c2)c1OC. The average Bonchev–Trinajstić information content (AvgIpc) is 2.84. The summed E-state index contributed by atoms with van der Waals surface area (Å²) < 4.78 is 16.1. The Balaban J connectivity index is 1.93. The van der Waals surface area contributed by atoms with Crippen LogP contribution in [0.15, 0.2) is 48.7 Å². The Hall–Kier alpha value is -3.82. The lowest BCUT2D eigenvalue weighted by molar-refractivity contribution is 0.0593. The number of halogens is 1. The topological polar surface area (TPSA) is 108 Å². The first-order valence-electron chi connectivity index (χ1n) is 10.9. The van der Waals surface area contributed by atoms with E-state index in [2.05, 4.69) is 41.3 Å². The Morgan fingerprint density at radius 2 is 1.69 bits per heavy atom. The standard InChI is InChI=1S/C26H28ClN3O6/c1-26(2,3)16-12-19(23(33-4)20(13-16)30-35-6)29-24(31)15-7-8-18(27)22(11-15)36-17-9-10-28-21(14-17)25(32)34-5/h7-14,30H,1-6H3,(H,29,31). The number of amides is 1. The number of ether oxygens (including phenoxy) is 3. The van der Waals surface area contributed by atoms with Gasteiger partial charge in [-0.25, -0.2) is 9.78 Å². The van der Waals surface area contributed by atoms with Crippen molar-refractivity contribution in [1.82, 2.24) is 4.98 Å². The molecule has 1 heterocycles. The molecule has 1 aromatic heterocycles. The number of methoxy groups -OCH3 is 2. The molecule has 0 unspecified atom stereocenters. The minimum absolute atomic E-state index is 0.0753. The summed E-state index contributed by atoms with van der Waals surface area (Å²) in [6.45, 7) is 6.18. The number of nitrogens with zero attached hydrogens (tertiary/aromatic N) is 1. The van der Waals surface area contributed by atoms with Crippen LogP contribution in [0.5, 0.6) is 17.2 Å². The molecule has 0 aliphatic heterocycles. The molecule has 0 saturated carbocycles. The molecule has 10 heteroatoms. The third-order valence-corrected chi connectivity index (χ3v) is 5.48. The summed E-state index contributed by atoms with van der Waals surface area (Å²) in [6, 6.07) is 11.4. The van der Waals surface area contributed by atoms with Crippen molar-refractivity contribution in [3.05, 3.63) is 70.5 Å². The van der Waals surface area contributed by atoms with E-state index >= 15 is 0 Å². The lowest BCUT2D eigenvalue weighted by atomic mass is 9.86. The first-order chi connectivity index (χ1) is 17.1. The van der Waals surface area contributed by atoms with Gasteiger partial charge in [0.15, 0.2) is 11.4 Å². The number of hydrogen-bond donors (Lipinski definition) is 2. The molecule has 0 atom stereocenters. The Morgan fingerprint density at radius 1 is 0.972 bits per heavy atom. The van der Waals surface area contributed by atoms with Crippen molar-refractivity contribution in [2.24, 2.45) is 0 Å². The summed E-state index contributed by atoms with van der Waals surface area (Å²) in [4.78, 5) is 34.0. The summed E-state index contributed by atoms with van der Waals surface area (Å²) >= 11 is 6.31. The number of benzene rings is 2. The van der Waals surface area contributed by atoms with Crippen LogP contribution in [0.2, 0.25) is 5.02 Å². The van der Waals surface area contributed by atoms with E-state index in [0.29, 0.717) is 28.4 Å². The van der Waals surface area contributed by atoms with E-state index in [4.69, 9.17) is 25.9 Å². The summed E-state index contributed by atoms with van der Waals surface area (Å²) in [5.74, 6) is -0.0680. The minimum atomic E-state index is -0.603. The third-order valence-electron chi connectivity index (χ3n) is 5.17. The summed E-state index contributed by atoms with van der Waals surface area (Å²) in [6.07, 6.45) is 1.41. The number of aromatic nitrogens is 1. The van der Waals surface area contributed by atoms with Gasteiger partial charge >= 0.3 is 5.97 Å². The number of hydrogen-bond acceptors (Lipinski definition) is 8. The molecule has 2 aromatic carbocycles. The van der Waals surface area contributed by atoms with Crippen LogP contribution in [0.1, 0.15) is 47.2 Å². The fraction of sp³-hybridized carbons (Fsp3) is 0.269.